The molecule has 0 saturated heterocycles. The molecule has 1 nitrogen and oxygen atoms in total. The van der Waals surface area contributed by atoms with Gasteiger partial charge in [-0.25, -0.2) is 0 Å². The summed E-state index contributed by atoms with van der Waals surface area (Å²) in [7, 11) is 0. The Kier molecular flexibility index (Phi) is 5.52. The first-order valence-electron chi connectivity index (χ1n) is 9.79. The Morgan fingerprint density at radius 1 is 0.667 bits per heavy atom. The number of aromatic nitrogens is 1. The average molecular weight is 334 g/mol. The van der Waals surface area contributed by atoms with Crippen LogP contribution in [0.2, 0.25) is 0 Å². The summed E-state index contributed by atoms with van der Waals surface area (Å²) in [6.07, 6.45) is 2.32. The van der Waals surface area contributed by atoms with Gasteiger partial charge < -0.3 is 4.57 Å². The molecule has 1 rings (SSSR count). The number of nitrogens with zero attached hydrogens (tertiary/aromatic N) is 1. The Labute approximate surface area is 152 Å². The lowest BCUT2D eigenvalue weighted by molar-refractivity contribution is 0.316. The summed E-state index contributed by atoms with van der Waals surface area (Å²) in [4.78, 5) is 0. The molecule has 24 heavy (non-hydrogen) atoms. The van der Waals surface area contributed by atoms with Gasteiger partial charge in [-0.05, 0) is 57.1 Å². The van der Waals surface area contributed by atoms with Crippen molar-refractivity contribution in [1.82, 2.24) is 4.57 Å². The monoisotopic (exact) mass is 333 g/mol. The molecule has 1 heteroatoms. The first-order chi connectivity index (χ1) is 10.5. The molecule has 0 saturated carbocycles. The third-order valence-corrected chi connectivity index (χ3v) is 5.88. The van der Waals surface area contributed by atoms with Gasteiger partial charge in [0.25, 0.3) is 0 Å². The van der Waals surface area contributed by atoms with Gasteiger partial charge in [-0.3, -0.25) is 0 Å². The van der Waals surface area contributed by atoms with E-state index >= 15 is 0 Å². The Hall–Kier alpha value is -0.720. The van der Waals surface area contributed by atoms with Crippen LogP contribution in [0.1, 0.15) is 118 Å². The minimum Gasteiger partial charge on any atom is -0.342 e. The van der Waals surface area contributed by atoms with Gasteiger partial charge in [-0.2, -0.15) is 0 Å². The molecule has 0 spiro atoms. The maximum Gasteiger partial charge on any atom is 0.0361 e. The van der Waals surface area contributed by atoms with Gasteiger partial charge in [0.2, 0.25) is 0 Å². The van der Waals surface area contributed by atoms with Crippen molar-refractivity contribution in [3.63, 3.8) is 0 Å². The van der Waals surface area contributed by atoms with E-state index in [0.29, 0.717) is 0 Å². The summed E-state index contributed by atoms with van der Waals surface area (Å²) in [5.74, 6) is 0. The van der Waals surface area contributed by atoms with E-state index in [1.165, 1.54) is 17.7 Å². The van der Waals surface area contributed by atoms with Crippen LogP contribution in [0.3, 0.4) is 0 Å². The van der Waals surface area contributed by atoms with Crippen LogP contribution in [0.4, 0.5) is 0 Å². The fourth-order valence-electron chi connectivity index (χ4n) is 4.07. The van der Waals surface area contributed by atoms with E-state index in [2.05, 4.69) is 94.6 Å². The molecular weight excluding hydrogens is 290 g/mol. The third-order valence-electron chi connectivity index (χ3n) is 5.88. The second kappa shape index (κ2) is 6.22. The molecule has 140 valence electrons. The molecule has 0 radical (unpaired) electrons. The standard InChI is InChI=1S/C23H43N/c1-14-22(10,11)17-16(3)18(20(4,5)6)24(21(7,8)9)19(17)23(12,13)15-2/h14-15H2,1-13H3. The van der Waals surface area contributed by atoms with Crippen molar-refractivity contribution in [2.45, 2.75) is 125 Å². The largest absolute Gasteiger partial charge is 0.342 e. The van der Waals surface area contributed by atoms with E-state index in [-0.39, 0.29) is 21.8 Å². The summed E-state index contributed by atoms with van der Waals surface area (Å²) >= 11 is 0. The zero-order valence-electron chi connectivity index (χ0n) is 18.9. The summed E-state index contributed by atoms with van der Waals surface area (Å²) in [5, 5.41) is 0. The van der Waals surface area contributed by atoms with Gasteiger partial charge in [-0.1, -0.05) is 62.3 Å². The lowest BCUT2D eigenvalue weighted by Gasteiger charge is -2.38. The van der Waals surface area contributed by atoms with E-state index in [4.69, 9.17) is 0 Å². The second-order valence-electron chi connectivity index (χ2n) is 10.9. The second-order valence-corrected chi connectivity index (χ2v) is 10.9. The van der Waals surface area contributed by atoms with Crippen LogP contribution < -0.4 is 0 Å². The molecule has 1 aromatic heterocycles. The number of hydrogen-bond donors (Lipinski definition) is 0. The van der Waals surface area contributed by atoms with E-state index in [9.17, 15) is 0 Å². The minimum absolute atomic E-state index is 0.0806. The van der Waals surface area contributed by atoms with Crippen molar-refractivity contribution >= 4 is 0 Å². The van der Waals surface area contributed by atoms with Gasteiger partial charge >= 0.3 is 0 Å². The zero-order chi connectivity index (χ0) is 19.3. The third kappa shape index (κ3) is 3.60. The SMILES string of the molecule is CCC(C)(C)c1c(C)c(C(C)(C)C)n(C(C)(C)C)c1C(C)(C)CC. The lowest BCUT2D eigenvalue weighted by atomic mass is 9.73. The molecular formula is C23H43N. The molecule has 0 amide bonds. The fourth-order valence-corrected chi connectivity index (χ4v) is 4.07. The molecule has 1 aromatic rings. The maximum atomic E-state index is 2.69. The van der Waals surface area contributed by atoms with Gasteiger partial charge in [0.1, 0.15) is 0 Å². The molecule has 0 fully saturated rings. The molecule has 0 N–H and O–H groups in total. The predicted octanol–water partition coefficient (Wildman–Crippen LogP) is 7.22. The molecule has 0 aromatic carbocycles. The quantitative estimate of drug-likeness (QED) is 0.548. The van der Waals surface area contributed by atoms with Crippen LogP contribution in [0, 0.1) is 6.92 Å². The lowest BCUT2D eigenvalue weighted by Crippen LogP contribution is -2.35. The fraction of sp³-hybridized carbons (Fsp3) is 0.826. The van der Waals surface area contributed by atoms with Gasteiger partial charge in [0, 0.05) is 27.8 Å². The van der Waals surface area contributed by atoms with Gasteiger partial charge in [-0.15, -0.1) is 0 Å². The van der Waals surface area contributed by atoms with Crippen LogP contribution in [0.15, 0.2) is 0 Å². The van der Waals surface area contributed by atoms with Crippen molar-refractivity contribution in [2.24, 2.45) is 0 Å². The average Bonchev–Trinajstić information content (AvgIpc) is 2.73. The molecule has 0 aliphatic carbocycles. The summed E-state index contributed by atoms with van der Waals surface area (Å²) in [6.45, 7) is 30.9. The van der Waals surface area contributed by atoms with Crippen molar-refractivity contribution in [3.05, 3.63) is 22.5 Å². The van der Waals surface area contributed by atoms with Crippen molar-refractivity contribution in [1.29, 1.82) is 0 Å². The van der Waals surface area contributed by atoms with Crippen LogP contribution >= 0.6 is 0 Å². The number of rotatable bonds is 4. The summed E-state index contributed by atoms with van der Waals surface area (Å²) in [5.41, 5.74) is 6.77. The first kappa shape index (κ1) is 21.3. The summed E-state index contributed by atoms with van der Waals surface area (Å²) in [6, 6.07) is 0. The van der Waals surface area contributed by atoms with Crippen molar-refractivity contribution in [2.75, 3.05) is 0 Å². The van der Waals surface area contributed by atoms with E-state index in [0.717, 1.165) is 6.42 Å². The molecule has 0 aliphatic heterocycles. The highest BCUT2D eigenvalue weighted by molar-refractivity contribution is 5.48. The molecule has 0 bridgehead atoms. The van der Waals surface area contributed by atoms with E-state index in [1.807, 2.05) is 0 Å². The smallest absolute Gasteiger partial charge is 0.0361 e. The highest BCUT2D eigenvalue weighted by atomic mass is 15.1. The van der Waals surface area contributed by atoms with E-state index < -0.39 is 0 Å². The topological polar surface area (TPSA) is 4.93 Å². The summed E-state index contributed by atoms with van der Waals surface area (Å²) < 4.78 is 2.69. The molecule has 1 heterocycles. The van der Waals surface area contributed by atoms with Crippen LogP contribution in [0.5, 0.6) is 0 Å². The highest BCUT2D eigenvalue weighted by Gasteiger charge is 2.41. The van der Waals surface area contributed by atoms with Crippen molar-refractivity contribution < 1.29 is 0 Å². The highest BCUT2D eigenvalue weighted by Crippen LogP contribution is 2.47. The van der Waals surface area contributed by atoms with Crippen LogP contribution in [-0.2, 0) is 21.8 Å². The zero-order valence-corrected chi connectivity index (χ0v) is 18.9. The normalized spacial score (nSPS) is 14.4. The molecule has 0 atom stereocenters. The van der Waals surface area contributed by atoms with Gasteiger partial charge in [0.05, 0.1) is 0 Å². The first-order valence-corrected chi connectivity index (χ1v) is 9.79. The number of hydrogen-bond acceptors (Lipinski definition) is 0. The van der Waals surface area contributed by atoms with Crippen molar-refractivity contribution in [3.8, 4) is 0 Å². The molecule has 0 unspecified atom stereocenters. The van der Waals surface area contributed by atoms with Crippen LogP contribution in [0.25, 0.3) is 0 Å². The van der Waals surface area contributed by atoms with Crippen LogP contribution in [-0.4, -0.2) is 4.57 Å². The predicted molar refractivity (Wildman–Crippen MR) is 109 cm³/mol. The Balaban J connectivity index is 4.16. The minimum atomic E-state index is 0.0806. The Morgan fingerprint density at radius 2 is 1.08 bits per heavy atom. The van der Waals surface area contributed by atoms with E-state index in [1.54, 1.807) is 11.3 Å². The Bertz CT molecular complexity index is 583. The van der Waals surface area contributed by atoms with Gasteiger partial charge in [0.15, 0.2) is 0 Å². The Morgan fingerprint density at radius 3 is 1.38 bits per heavy atom. The molecule has 0 aliphatic rings. The maximum absolute atomic E-state index is 2.69.